The summed E-state index contributed by atoms with van der Waals surface area (Å²) in [6, 6.07) is 0.258. The first-order chi connectivity index (χ1) is 5.55. The zero-order chi connectivity index (χ0) is 9.19. The van der Waals surface area contributed by atoms with Gasteiger partial charge in [0, 0.05) is 12.6 Å². The molecule has 1 atom stereocenters. The molecule has 0 aromatic rings. The number of nitrogens with zero attached hydrogens (tertiary/aromatic N) is 1. The first kappa shape index (κ1) is 9.99. The Morgan fingerprint density at radius 1 is 1.42 bits per heavy atom. The van der Waals surface area contributed by atoms with Gasteiger partial charge in [-0.2, -0.15) is 4.31 Å². The fraction of sp³-hybridized carbons (Fsp3) is 1.00. The Kier molecular flexibility index (Phi) is 3.12. The predicted molar refractivity (Wildman–Crippen MR) is 49.5 cm³/mol. The molecule has 4 heteroatoms. The van der Waals surface area contributed by atoms with Gasteiger partial charge >= 0.3 is 0 Å². The lowest BCUT2D eigenvalue weighted by atomic mass is 10.0. The van der Waals surface area contributed by atoms with Gasteiger partial charge in [-0.3, -0.25) is 0 Å². The molecule has 0 unspecified atom stereocenters. The van der Waals surface area contributed by atoms with Crippen molar-refractivity contribution < 1.29 is 8.42 Å². The van der Waals surface area contributed by atoms with Crippen LogP contribution in [-0.2, 0) is 10.0 Å². The summed E-state index contributed by atoms with van der Waals surface area (Å²) in [5.74, 6) is 0. The van der Waals surface area contributed by atoms with Crippen LogP contribution in [0.15, 0.2) is 0 Å². The van der Waals surface area contributed by atoms with Gasteiger partial charge in [-0.05, 0) is 19.3 Å². The molecular formula is C8H17NO2S. The Balaban J connectivity index is 2.72. The fourth-order valence-corrected chi connectivity index (χ4v) is 3.08. The van der Waals surface area contributed by atoms with Gasteiger partial charge in [0.15, 0.2) is 0 Å². The Hall–Kier alpha value is -0.0900. The van der Waals surface area contributed by atoms with Crippen molar-refractivity contribution in [3.63, 3.8) is 0 Å². The number of hydrogen-bond donors (Lipinski definition) is 0. The normalized spacial score (nSPS) is 27.3. The first-order valence-electron chi connectivity index (χ1n) is 4.52. The van der Waals surface area contributed by atoms with E-state index in [4.69, 9.17) is 0 Å². The summed E-state index contributed by atoms with van der Waals surface area (Å²) < 4.78 is 24.2. The highest BCUT2D eigenvalue weighted by Gasteiger charge is 2.27. The third kappa shape index (κ3) is 2.20. The molecule has 1 saturated heterocycles. The maximum atomic E-state index is 11.3. The van der Waals surface area contributed by atoms with Crippen molar-refractivity contribution in [1.82, 2.24) is 4.31 Å². The molecular weight excluding hydrogens is 174 g/mol. The Bertz CT molecular complexity index is 235. The Morgan fingerprint density at radius 3 is 2.50 bits per heavy atom. The van der Waals surface area contributed by atoms with E-state index >= 15 is 0 Å². The summed E-state index contributed by atoms with van der Waals surface area (Å²) in [6.07, 6.45) is 5.46. The van der Waals surface area contributed by atoms with Gasteiger partial charge in [-0.25, -0.2) is 8.42 Å². The predicted octanol–water partition coefficient (Wildman–Crippen LogP) is 1.21. The first-order valence-corrected chi connectivity index (χ1v) is 6.37. The van der Waals surface area contributed by atoms with Crippen molar-refractivity contribution in [3.05, 3.63) is 0 Å². The van der Waals surface area contributed by atoms with E-state index in [0.29, 0.717) is 0 Å². The van der Waals surface area contributed by atoms with Crippen molar-refractivity contribution in [2.45, 2.75) is 38.6 Å². The topological polar surface area (TPSA) is 37.4 Å². The summed E-state index contributed by atoms with van der Waals surface area (Å²) >= 11 is 0. The van der Waals surface area contributed by atoms with Crippen LogP contribution in [0.3, 0.4) is 0 Å². The lowest BCUT2D eigenvalue weighted by molar-refractivity contribution is 0.248. The number of rotatable bonds is 2. The van der Waals surface area contributed by atoms with Crippen molar-refractivity contribution in [3.8, 4) is 0 Å². The van der Waals surface area contributed by atoms with E-state index in [1.807, 2.05) is 6.92 Å². The molecule has 72 valence electrons. The second-order valence-corrected chi connectivity index (χ2v) is 5.37. The average Bonchev–Trinajstić information content (AvgIpc) is 2.03. The van der Waals surface area contributed by atoms with Gasteiger partial charge in [0.25, 0.3) is 0 Å². The van der Waals surface area contributed by atoms with Gasteiger partial charge in [0.1, 0.15) is 0 Å². The van der Waals surface area contributed by atoms with Crippen LogP contribution < -0.4 is 0 Å². The lowest BCUT2D eigenvalue weighted by Crippen LogP contribution is -2.42. The van der Waals surface area contributed by atoms with Gasteiger partial charge in [-0.15, -0.1) is 0 Å². The maximum Gasteiger partial charge on any atom is 0.211 e. The van der Waals surface area contributed by atoms with E-state index in [1.54, 1.807) is 4.31 Å². The van der Waals surface area contributed by atoms with Gasteiger partial charge in [0.05, 0.1) is 6.26 Å². The fourth-order valence-electron chi connectivity index (χ4n) is 1.82. The van der Waals surface area contributed by atoms with Crippen molar-refractivity contribution in [2.75, 3.05) is 12.8 Å². The van der Waals surface area contributed by atoms with E-state index in [1.165, 1.54) is 12.7 Å². The van der Waals surface area contributed by atoms with Crippen LogP contribution in [0.5, 0.6) is 0 Å². The number of piperidine rings is 1. The Morgan fingerprint density at radius 2 is 2.08 bits per heavy atom. The van der Waals surface area contributed by atoms with Crippen LogP contribution in [0.4, 0.5) is 0 Å². The van der Waals surface area contributed by atoms with Gasteiger partial charge in [-0.1, -0.05) is 13.3 Å². The lowest BCUT2D eigenvalue weighted by Gasteiger charge is -2.32. The SMILES string of the molecule is CC[C@@H]1CCCCN1S(C)(=O)=O. The maximum absolute atomic E-state index is 11.3. The van der Waals surface area contributed by atoms with Crippen LogP contribution in [-0.4, -0.2) is 31.6 Å². The molecule has 3 nitrogen and oxygen atoms in total. The number of sulfonamides is 1. The molecule has 0 N–H and O–H groups in total. The number of hydrogen-bond acceptors (Lipinski definition) is 2. The summed E-state index contributed by atoms with van der Waals surface area (Å²) in [5, 5.41) is 0. The highest BCUT2D eigenvalue weighted by atomic mass is 32.2. The molecule has 0 amide bonds. The zero-order valence-electron chi connectivity index (χ0n) is 7.78. The van der Waals surface area contributed by atoms with Crippen LogP contribution in [0.1, 0.15) is 32.6 Å². The molecule has 0 aliphatic carbocycles. The molecule has 12 heavy (non-hydrogen) atoms. The standard InChI is InChI=1S/C8H17NO2S/c1-3-8-6-4-5-7-9(8)12(2,10)11/h8H,3-7H2,1-2H3/t8-/m1/s1. The molecule has 0 radical (unpaired) electrons. The molecule has 1 fully saturated rings. The minimum Gasteiger partial charge on any atom is -0.212 e. The van der Waals surface area contributed by atoms with Crippen LogP contribution in [0.25, 0.3) is 0 Å². The highest BCUT2D eigenvalue weighted by molar-refractivity contribution is 7.88. The largest absolute Gasteiger partial charge is 0.212 e. The third-order valence-electron chi connectivity index (χ3n) is 2.47. The summed E-state index contributed by atoms with van der Waals surface area (Å²) in [6.45, 7) is 2.77. The third-order valence-corrected chi connectivity index (χ3v) is 3.80. The highest BCUT2D eigenvalue weighted by Crippen LogP contribution is 2.21. The summed E-state index contributed by atoms with van der Waals surface area (Å²) in [4.78, 5) is 0. The van der Waals surface area contributed by atoms with Crippen LogP contribution >= 0.6 is 0 Å². The minimum absolute atomic E-state index is 0.258. The monoisotopic (exact) mass is 191 g/mol. The van der Waals surface area contributed by atoms with Crippen LogP contribution in [0, 0.1) is 0 Å². The van der Waals surface area contributed by atoms with Gasteiger partial charge in [0.2, 0.25) is 10.0 Å². The van der Waals surface area contributed by atoms with Crippen molar-refractivity contribution in [1.29, 1.82) is 0 Å². The smallest absolute Gasteiger partial charge is 0.211 e. The van der Waals surface area contributed by atoms with E-state index in [2.05, 4.69) is 0 Å². The molecule has 0 saturated carbocycles. The average molecular weight is 191 g/mol. The quantitative estimate of drug-likeness (QED) is 0.658. The minimum atomic E-state index is -2.95. The van der Waals surface area contributed by atoms with Gasteiger partial charge < -0.3 is 0 Å². The van der Waals surface area contributed by atoms with E-state index < -0.39 is 10.0 Å². The van der Waals surface area contributed by atoms with Crippen LogP contribution in [0.2, 0.25) is 0 Å². The van der Waals surface area contributed by atoms with E-state index in [9.17, 15) is 8.42 Å². The van der Waals surface area contributed by atoms with Crippen molar-refractivity contribution >= 4 is 10.0 Å². The summed E-state index contributed by atoms with van der Waals surface area (Å²) in [7, 11) is -2.95. The molecule has 0 spiro atoms. The molecule has 1 rings (SSSR count). The zero-order valence-corrected chi connectivity index (χ0v) is 8.60. The molecule has 1 aliphatic rings. The molecule has 0 bridgehead atoms. The van der Waals surface area contributed by atoms with E-state index in [0.717, 1.165) is 25.8 Å². The molecule has 0 aromatic heterocycles. The Labute approximate surface area is 74.8 Å². The second kappa shape index (κ2) is 3.75. The molecule has 1 aliphatic heterocycles. The summed E-state index contributed by atoms with van der Waals surface area (Å²) in [5.41, 5.74) is 0. The molecule has 1 heterocycles. The van der Waals surface area contributed by atoms with E-state index in [-0.39, 0.29) is 6.04 Å². The molecule has 0 aromatic carbocycles. The van der Waals surface area contributed by atoms with Crippen molar-refractivity contribution in [2.24, 2.45) is 0 Å². The second-order valence-electron chi connectivity index (χ2n) is 3.43.